The fourth-order valence-corrected chi connectivity index (χ4v) is 2.11. The van der Waals surface area contributed by atoms with E-state index in [1.54, 1.807) is 24.3 Å². The van der Waals surface area contributed by atoms with Crippen molar-refractivity contribution in [2.75, 3.05) is 19.0 Å². The lowest BCUT2D eigenvalue weighted by Gasteiger charge is -2.19. The van der Waals surface area contributed by atoms with Crippen molar-refractivity contribution < 1.29 is 35.6 Å². The van der Waals surface area contributed by atoms with E-state index >= 15 is 0 Å². The Kier molecular flexibility index (Phi) is 6.59. The van der Waals surface area contributed by atoms with Gasteiger partial charge in [0.1, 0.15) is 5.75 Å². The van der Waals surface area contributed by atoms with Crippen LogP contribution in [0.4, 0.5) is 13.2 Å². The normalized spacial score (nSPS) is 14.1. The molecule has 0 aliphatic heterocycles. The second-order valence-corrected chi connectivity index (χ2v) is 5.68. The molecule has 0 saturated carbocycles. The number of halogens is 3. The molecule has 0 fully saturated rings. The average Bonchev–Trinajstić information content (AvgIpc) is 2.35. The van der Waals surface area contributed by atoms with Gasteiger partial charge < -0.3 is 9.47 Å². The summed E-state index contributed by atoms with van der Waals surface area (Å²) in [5, 5.41) is 0. The zero-order valence-corrected chi connectivity index (χ0v) is 11.7. The Hall–Kier alpha value is -1.16. The van der Waals surface area contributed by atoms with Gasteiger partial charge in [-0.25, -0.2) is 0 Å². The van der Waals surface area contributed by atoms with Crippen LogP contribution >= 0.6 is 0 Å². The van der Waals surface area contributed by atoms with Gasteiger partial charge in [0.2, 0.25) is 0 Å². The maximum atomic E-state index is 12.5. The van der Waals surface area contributed by atoms with Gasteiger partial charge in [0.25, 0.3) is 10.1 Å². The van der Waals surface area contributed by atoms with E-state index in [2.05, 4.69) is 4.74 Å². The Bertz CT molecular complexity index is 515. The lowest BCUT2D eigenvalue weighted by molar-refractivity contribution is -0.215. The number of rotatable bonds is 8. The first-order chi connectivity index (χ1) is 9.68. The predicted octanol–water partition coefficient (Wildman–Crippen LogP) is 2.04. The molecule has 0 aromatic heterocycles. The second kappa shape index (κ2) is 7.74. The summed E-state index contributed by atoms with van der Waals surface area (Å²) in [6, 6.07) is 8.98. The molecule has 1 aromatic carbocycles. The van der Waals surface area contributed by atoms with Crippen LogP contribution in [0.5, 0.6) is 0 Å². The largest absolute Gasteiger partial charge is 0.415 e. The SMILES string of the molecule is O=S(=O)(O)CC(OCCOCc1ccccc1)C(F)(F)F. The highest BCUT2D eigenvalue weighted by atomic mass is 32.2. The van der Waals surface area contributed by atoms with Crippen LogP contribution in [0.1, 0.15) is 5.56 Å². The lowest BCUT2D eigenvalue weighted by Crippen LogP contribution is -2.38. The molecule has 0 spiro atoms. The molecule has 0 aliphatic rings. The monoisotopic (exact) mass is 328 g/mol. The van der Waals surface area contributed by atoms with E-state index in [1.807, 2.05) is 6.07 Å². The molecule has 0 saturated heterocycles. The molecule has 5 nitrogen and oxygen atoms in total. The number of hydrogen-bond donors (Lipinski definition) is 1. The minimum Gasteiger partial charge on any atom is -0.374 e. The maximum absolute atomic E-state index is 12.5. The van der Waals surface area contributed by atoms with Gasteiger partial charge in [0.05, 0.1) is 19.8 Å². The molecule has 0 aliphatic carbocycles. The summed E-state index contributed by atoms with van der Waals surface area (Å²) < 4.78 is 76.5. The smallest absolute Gasteiger partial charge is 0.374 e. The van der Waals surface area contributed by atoms with E-state index in [0.717, 1.165) is 5.56 Å². The van der Waals surface area contributed by atoms with E-state index in [1.165, 1.54) is 0 Å². The highest BCUT2D eigenvalue weighted by molar-refractivity contribution is 7.85. The van der Waals surface area contributed by atoms with Crippen LogP contribution < -0.4 is 0 Å². The van der Waals surface area contributed by atoms with Crippen molar-refractivity contribution in [2.24, 2.45) is 0 Å². The zero-order valence-electron chi connectivity index (χ0n) is 10.9. The molecule has 1 unspecified atom stereocenters. The van der Waals surface area contributed by atoms with Crippen molar-refractivity contribution >= 4 is 10.1 Å². The highest BCUT2D eigenvalue weighted by Gasteiger charge is 2.43. The van der Waals surface area contributed by atoms with E-state index in [9.17, 15) is 21.6 Å². The molecular formula is C12H15F3O5S. The van der Waals surface area contributed by atoms with Crippen LogP contribution in [0, 0.1) is 0 Å². The Balaban J connectivity index is 2.34. The van der Waals surface area contributed by atoms with Crippen molar-refractivity contribution in [1.82, 2.24) is 0 Å². The van der Waals surface area contributed by atoms with Crippen molar-refractivity contribution in [1.29, 1.82) is 0 Å². The topological polar surface area (TPSA) is 72.8 Å². The summed E-state index contributed by atoms with van der Waals surface area (Å²) >= 11 is 0. The number of benzene rings is 1. The van der Waals surface area contributed by atoms with Gasteiger partial charge in [-0.2, -0.15) is 21.6 Å². The van der Waals surface area contributed by atoms with Gasteiger partial charge in [-0.1, -0.05) is 30.3 Å². The molecule has 120 valence electrons. The minimum atomic E-state index is -4.88. The molecule has 1 aromatic rings. The van der Waals surface area contributed by atoms with E-state index < -0.39 is 34.8 Å². The van der Waals surface area contributed by atoms with Gasteiger partial charge in [0.15, 0.2) is 6.10 Å². The van der Waals surface area contributed by atoms with Crippen LogP contribution in [-0.2, 0) is 26.2 Å². The van der Waals surface area contributed by atoms with Gasteiger partial charge in [-0.05, 0) is 5.56 Å². The van der Waals surface area contributed by atoms with Gasteiger partial charge in [-0.3, -0.25) is 4.55 Å². The molecule has 1 N–H and O–H groups in total. The summed E-state index contributed by atoms with van der Waals surface area (Å²) in [6.07, 6.45) is -7.46. The molecule has 9 heteroatoms. The van der Waals surface area contributed by atoms with Crippen molar-refractivity contribution in [3.8, 4) is 0 Å². The molecule has 0 amide bonds. The summed E-state index contributed by atoms with van der Waals surface area (Å²) in [5.41, 5.74) is 0.850. The first-order valence-corrected chi connectivity index (χ1v) is 7.54. The maximum Gasteiger partial charge on any atom is 0.415 e. The first kappa shape index (κ1) is 17.9. The van der Waals surface area contributed by atoms with E-state index in [-0.39, 0.29) is 13.2 Å². The molecule has 21 heavy (non-hydrogen) atoms. The third-order valence-corrected chi connectivity index (χ3v) is 3.11. The van der Waals surface area contributed by atoms with Crippen LogP contribution in [-0.4, -0.2) is 44.2 Å². The molecule has 1 atom stereocenters. The first-order valence-electron chi connectivity index (χ1n) is 5.93. The molecule has 0 bridgehead atoms. The van der Waals surface area contributed by atoms with E-state index in [4.69, 9.17) is 9.29 Å². The number of ether oxygens (including phenoxy) is 2. The van der Waals surface area contributed by atoms with Crippen molar-refractivity contribution in [3.63, 3.8) is 0 Å². The fourth-order valence-electron chi connectivity index (χ4n) is 1.44. The summed E-state index contributed by atoms with van der Waals surface area (Å²) in [7, 11) is -4.78. The van der Waals surface area contributed by atoms with Crippen LogP contribution in [0.3, 0.4) is 0 Å². The van der Waals surface area contributed by atoms with Gasteiger partial charge in [-0.15, -0.1) is 0 Å². The number of hydrogen-bond acceptors (Lipinski definition) is 4. The van der Waals surface area contributed by atoms with Crippen LogP contribution in [0.25, 0.3) is 0 Å². The third kappa shape index (κ3) is 8.00. The zero-order chi connectivity index (χ0) is 15.9. The van der Waals surface area contributed by atoms with Crippen LogP contribution in [0.15, 0.2) is 30.3 Å². The lowest BCUT2D eigenvalue weighted by atomic mass is 10.2. The van der Waals surface area contributed by atoms with Crippen molar-refractivity contribution in [3.05, 3.63) is 35.9 Å². The summed E-state index contributed by atoms with van der Waals surface area (Å²) in [5.74, 6) is -1.53. The van der Waals surface area contributed by atoms with Crippen LogP contribution in [0.2, 0.25) is 0 Å². The Morgan fingerprint density at radius 1 is 1.14 bits per heavy atom. The molecule has 1 rings (SSSR count). The summed E-state index contributed by atoms with van der Waals surface area (Å²) in [6.45, 7) is -0.362. The average molecular weight is 328 g/mol. The predicted molar refractivity (Wildman–Crippen MR) is 68.3 cm³/mol. The third-order valence-electron chi connectivity index (χ3n) is 2.39. The standard InChI is InChI=1S/C12H15F3O5S/c13-12(14,15)11(9-21(16,17)18)20-7-6-19-8-10-4-2-1-3-5-10/h1-5,11H,6-9H2,(H,16,17,18). The van der Waals surface area contributed by atoms with E-state index in [0.29, 0.717) is 0 Å². The summed E-state index contributed by atoms with van der Waals surface area (Å²) in [4.78, 5) is 0. The Morgan fingerprint density at radius 2 is 1.76 bits per heavy atom. The van der Waals surface area contributed by atoms with Gasteiger partial charge >= 0.3 is 6.18 Å². The van der Waals surface area contributed by atoms with Crippen molar-refractivity contribution in [2.45, 2.75) is 18.9 Å². The highest BCUT2D eigenvalue weighted by Crippen LogP contribution is 2.24. The Labute approximate surface area is 120 Å². The van der Waals surface area contributed by atoms with Gasteiger partial charge in [0, 0.05) is 0 Å². The second-order valence-electron chi connectivity index (χ2n) is 4.19. The quantitative estimate of drug-likeness (QED) is 0.584. The molecule has 0 radical (unpaired) electrons. The Morgan fingerprint density at radius 3 is 2.29 bits per heavy atom. The molecular weight excluding hydrogens is 313 g/mol. The number of alkyl halides is 3. The molecule has 0 heterocycles. The fraction of sp³-hybridized carbons (Fsp3) is 0.500. The minimum absolute atomic E-state index is 0.132.